The molecule has 0 saturated heterocycles. The summed E-state index contributed by atoms with van der Waals surface area (Å²) >= 11 is 5.67. The van der Waals surface area contributed by atoms with Crippen molar-refractivity contribution in [2.24, 2.45) is 0 Å². The van der Waals surface area contributed by atoms with Gasteiger partial charge in [-0.25, -0.2) is 13.2 Å². The summed E-state index contributed by atoms with van der Waals surface area (Å²) in [6.45, 7) is 0. The van der Waals surface area contributed by atoms with Gasteiger partial charge in [-0.2, -0.15) is 0 Å². The molecule has 0 atom stereocenters. The number of hydrogen-bond donors (Lipinski definition) is 2. The molecule has 2 N–H and O–H groups in total. The zero-order chi connectivity index (χ0) is 11.6. The zero-order valence-corrected chi connectivity index (χ0v) is 9.26. The number of rotatable bonds is 2. The highest BCUT2D eigenvalue weighted by molar-refractivity contribution is 7.90. The number of amides is 1. The number of halogens is 1. The number of sulfone groups is 1. The predicted octanol–water partition coefficient (Wildman–Crippen LogP) is 1.83. The maximum atomic E-state index is 11.2. The van der Waals surface area contributed by atoms with Crippen LogP contribution in [-0.2, 0) is 9.84 Å². The Morgan fingerprint density at radius 2 is 2.07 bits per heavy atom. The van der Waals surface area contributed by atoms with Crippen LogP contribution in [0.2, 0.25) is 5.02 Å². The normalized spacial score (nSPS) is 11.1. The predicted molar refractivity (Wildman–Crippen MR) is 56.2 cm³/mol. The van der Waals surface area contributed by atoms with Crippen LogP contribution in [0.25, 0.3) is 0 Å². The van der Waals surface area contributed by atoms with E-state index >= 15 is 0 Å². The van der Waals surface area contributed by atoms with Gasteiger partial charge >= 0.3 is 6.09 Å². The van der Waals surface area contributed by atoms with Crippen LogP contribution in [0.1, 0.15) is 0 Å². The lowest BCUT2D eigenvalue weighted by molar-refractivity contribution is 0.209. The summed E-state index contributed by atoms with van der Waals surface area (Å²) in [5.74, 6) is 0. The molecule has 1 aromatic rings. The number of carboxylic acid groups (broad SMARTS) is 1. The van der Waals surface area contributed by atoms with Crippen molar-refractivity contribution in [3.05, 3.63) is 23.2 Å². The van der Waals surface area contributed by atoms with E-state index in [-0.39, 0.29) is 15.6 Å². The molecule has 0 aliphatic rings. The van der Waals surface area contributed by atoms with Crippen LogP contribution in [0.15, 0.2) is 23.1 Å². The third kappa shape index (κ3) is 3.10. The summed E-state index contributed by atoms with van der Waals surface area (Å²) in [4.78, 5) is 10.4. The lowest BCUT2D eigenvalue weighted by Crippen LogP contribution is -2.08. The highest BCUT2D eigenvalue weighted by Crippen LogP contribution is 2.25. The standard InChI is InChI=1S/C8H8ClNO4S/c1-15(13,14)5-2-3-6(9)7(4-5)10-8(11)12/h2-4,10H,1H3,(H,11,12). The van der Waals surface area contributed by atoms with Gasteiger partial charge in [0, 0.05) is 6.26 Å². The van der Waals surface area contributed by atoms with Gasteiger partial charge in [0.15, 0.2) is 9.84 Å². The molecule has 1 amide bonds. The maximum absolute atomic E-state index is 11.2. The number of hydrogen-bond acceptors (Lipinski definition) is 3. The highest BCUT2D eigenvalue weighted by atomic mass is 35.5. The van der Waals surface area contributed by atoms with Crippen LogP contribution in [0, 0.1) is 0 Å². The molecule has 0 radical (unpaired) electrons. The van der Waals surface area contributed by atoms with Crippen molar-refractivity contribution in [3.8, 4) is 0 Å². The Morgan fingerprint density at radius 3 is 2.53 bits per heavy atom. The van der Waals surface area contributed by atoms with E-state index in [0.717, 1.165) is 6.26 Å². The SMILES string of the molecule is CS(=O)(=O)c1ccc(Cl)c(NC(=O)O)c1. The van der Waals surface area contributed by atoms with E-state index in [1.165, 1.54) is 18.2 Å². The molecule has 1 aromatic carbocycles. The number of anilines is 1. The highest BCUT2D eigenvalue weighted by Gasteiger charge is 2.11. The van der Waals surface area contributed by atoms with Gasteiger partial charge in [0.2, 0.25) is 0 Å². The summed E-state index contributed by atoms with van der Waals surface area (Å²) in [6, 6.07) is 3.81. The molecule has 0 aliphatic carbocycles. The van der Waals surface area contributed by atoms with Crippen molar-refractivity contribution in [2.75, 3.05) is 11.6 Å². The Labute approximate surface area is 91.6 Å². The van der Waals surface area contributed by atoms with Crippen LogP contribution in [0.3, 0.4) is 0 Å². The average Bonchev–Trinajstić information content (AvgIpc) is 2.06. The first-order valence-electron chi connectivity index (χ1n) is 3.80. The van der Waals surface area contributed by atoms with Crippen molar-refractivity contribution >= 4 is 33.2 Å². The van der Waals surface area contributed by atoms with Gasteiger partial charge in [-0.3, -0.25) is 5.32 Å². The second-order valence-corrected chi connectivity index (χ2v) is 5.27. The Bertz CT molecular complexity index is 497. The van der Waals surface area contributed by atoms with Gasteiger partial charge in [-0.1, -0.05) is 11.6 Å². The summed E-state index contributed by atoms with van der Waals surface area (Å²) in [5, 5.41) is 10.6. The molecule has 0 fully saturated rings. The smallest absolute Gasteiger partial charge is 0.409 e. The van der Waals surface area contributed by atoms with Crippen LogP contribution >= 0.6 is 11.6 Å². The number of benzene rings is 1. The van der Waals surface area contributed by atoms with Crippen LogP contribution in [0.5, 0.6) is 0 Å². The summed E-state index contributed by atoms with van der Waals surface area (Å²) in [5.41, 5.74) is 0.0482. The lowest BCUT2D eigenvalue weighted by atomic mass is 10.3. The second kappa shape index (κ2) is 4.08. The van der Waals surface area contributed by atoms with Crippen molar-refractivity contribution < 1.29 is 18.3 Å². The molecule has 82 valence electrons. The topological polar surface area (TPSA) is 83.5 Å². The molecule has 7 heteroatoms. The molecule has 0 spiro atoms. The summed E-state index contributed by atoms with van der Waals surface area (Å²) in [7, 11) is -3.37. The molecule has 0 unspecified atom stereocenters. The fourth-order valence-corrected chi connectivity index (χ4v) is 1.76. The number of carbonyl (C=O) groups is 1. The molecular weight excluding hydrogens is 242 g/mol. The van der Waals surface area contributed by atoms with E-state index in [0.29, 0.717) is 0 Å². The molecule has 0 bridgehead atoms. The Kier molecular flexibility index (Phi) is 3.21. The fourth-order valence-electron chi connectivity index (χ4n) is 0.946. The monoisotopic (exact) mass is 249 g/mol. The molecular formula is C8H8ClNO4S. The average molecular weight is 250 g/mol. The minimum atomic E-state index is -3.37. The van der Waals surface area contributed by atoms with Gasteiger partial charge < -0.3 is 5.11 Å². The fraction of sp³-hybridized carbons (Fsp3) is 0.125. The molecule has 5 nitrogen and oxygen atoms in total. The first-order valence-corrected chi connectivity index (χ1v) is 6.07. The van der Waals surface area contributed by atoms with Crippen LogP contribution < -0.4 is 5.32 Å². The Hall–Kier alpha value is -1.27. The number of nitrogens with one attached hydrogen (secondary N) is 1. The van der Waals surface area contributed by atoms with Gasteiger partial charge in [0.1, 0.15) is 0 Å². The minimum Gasteiger partial charge on any atom is -0.465 e. The first-order chi connectivity index (χ1) is 6.80. The van der Waals surface area contributed by atoms with Gasteiger partial charge in [0.25, 0.3) is 0 Å². The van der Waals surface area contributed by atoms with E-state index in [1.54, 1.807) is 0 Å². The molecule has 0 heterocycles. The molecule has 15 heavy (non-hydrogen) atoms. The van der Waals surface area contributed by atoms with E-state index in [4.69, 9.17) is 16.7 Å². The second-order valence-electron chi connectivity index (χ2n) is 2.84. The molecule has 0 saturated carbocycles. The Balaban J connectivity index is 3.23. The largest absolute Gasteiger partial charge is 0.465 e. The molecule has 0 aromatic heterocycles. The van der Waals surface area contributed by atoms with Crippen molar-refractivity contribution in [3.63, 3.8) is 0 Å². The Morgan fingerprint density at radius 1 is 1.47 bits per heavy atom. The lowest BCUT2D eigenvalue weighted by Gasteiger charge is -2.05. The molecule has 1 rings (SSSR count). The van der Waals surface area contributed by atoms with Gasteiger partial charge in [-0.05, 0) is 18.2 Å². The van der Waals surface area contributed by atoms with E-state index in [2.05, 4.69) is 0 Å². The maximum Gasteiger partial charge on any atom is 0.409 e. The van der Waals surface area contributed by atoms with E-state index in [9.17, 15) is 13.2 Å². The van der Waals surface area contributed by atoms with Crippen molar-refractivity contribution in [1.82, 2.24) is 0 Å². The van der Waals surface area contributed by atoms with Crippen LogP contribution in [0.4, 0.5) is 10.5 Å². The quantitative estimate of drug-likeness (QED) is 0.838. The van der Waals surface area contributed by atoms with Crippen molar-refractivity contribution in [1.29, 1.82) is 0 Å². The van der Waals surface area contributed by atoms with E-state index in [1.807, 2.05) is 5.32 Å². The van der Waals surface area contributed by atoms with Gasteiger partial charge in [0.05, 0.1) is 15.6 Å². The molecule has 0 aliphatic heterocycles. The van der Waals surface area contributed by atoms with Crippen LogP contribution in [-0.4, -0.2) is 25.9 Å². The minimum absolute atomic E-state index is 0.00986. The first kappa shape index (κ1) is 11.8. The third-order valence-corrected chi connectivity index (χ3v) is 3.05. The zero-order valence-electron chi connectivity index (χ0n) is 7.69. The van der Waals surface area contributed by atoms with E-state index < -0.39 is 15.9 Å². The summed E-state index contributed by atoms with van der Waals surface area (Å²) < 4.78 is 22.3. The third-order valence-electron chi connectivity index (χ3n) is 1.61. The van der Waals surface area contributed by atoms with Gasteiger partial charge in [-0.15, -0.1) is 0 Å². The summed E-state index contributed by atoms with van der Waals surface area (Å²) in [6.07, 6.45) is -0.275. The van der Waals surface area contributed by atoms with Crippen molar-refractivity contribution in [2.45, 2.75) is 4.90 Å².